The number of anilines is 1. The second-order valence-electron chi connectivity index (χ2n) is 8.82. The maximum absolute atomic E-state index is 13.9. The summed E-state index contributed by atoms with van der Waals surface area (Å²) in [7, 11) is -2.65. The number of halogens is 1. The highest BCUT2D eigenvalue weighted by atomic mass is 35.5. The fourth-order valence-electron chi connectivity index (χ4n) is 3.98. The Kier molecular flexibility index (Phi) is 9.34. The molecule has 0 saturated heterocycles. The minimum Gasteiger partial charge on any atom is -0.357 e. The molecule has 0 heterocycles. The van der Waals surface area contributed by atoms with Crippen LogP contribution in [0.15, 0.2) is 77.7 Å². The van der Waals surface area contributed by atoms with Crippen molar-refractivity contribution >= 4 is 39.1 Å². The SMILES string of the molecule is CC[C@@H](C(=O)NC)N(Cc1ccc(C)cc1)C(=O)CN(c1ccccc1Cl)S(=O)(=O)c1ccc(C)cc1. The molecular formula is C28H32ClN3O4S. The molecular weight excluding hydrogens is 510 g/mol. The van der Waals surface area contributed by atoms with Gasteiger partial charge in [0.2, 0.25) is 11.8 Å². The summed E-state index contributed by atoms with van der Waals surface area (Å²) in [4.78, 5) is 28.1. The van der Waals surface area contributed by atoms with E-state index >= 15 is 0 Å². The van der Waals surface area contributed by atoms with Gasteiger partial charge in [0, 0.05) is 13.6 Å². The van der Waals surface area contributed by atoms with Gasteiger partial charge in [-0.25, -0.2) is 8.42 Å². The predicted molar refractivity (Wildman–Crippen MR) is 147 cm³/mol. The van der Waals surface area contributed by atoms with Crippen molar-refractivity contribution in [1.82, 2.24) is 10.2 Å². The summed E-state index contributed by atoms with van der Waals surface area (Å²) in [6.07, 6.45) is 0.355. The van der Waals surface area contributed by atoms with E-state index in [9.17, 15) is 18.0 Å². The van der Waals surface area contributed by atoms with E-state index in [0.717, 1.165) is 21.0 Å². The number of amides is 2. The molecule has 0 aliphatic carbocycles. The lowest BCUT2D eigenvalue weighted by Gasteiger charge is -2.33. The summed E-state index contributed by atoms with van der Waals surface area (Å²) >= 11 is 6.41. The number of sulfonamides is 1. The molecule has 0 aliphatic rings. The number of hydrogen-bond acceptors (Lipinski definition) is 4. The molecule has 0 saturated carbocycles. The third-order valence-corrected chi connectivity index (χ3v) is 8.21. The van der Waals surface area contributed by atoms with Crippen LogP contribution in [-0.2, 0) is 26.2 Å². The quantitative estimate of drug-likeness (QED) is 0.403. The van der Waals surface area contributed by atoms with Crippen LogP contribution in [0.4, 0.5) is 5.69 Å². The van der Waals surface area contributed by atoms with E-state index in [4.69, 9.17) is 11.6 Å². The highest BCUT2D eigenvalue weighted by Gasteiger charge is 2.34. The Hall–Kier alpha value is -3.36. The molecule has 0 fully saturated rings. The topological polar surface area (TPSA) is 86.8 Å². The third kappa shape index (κ3) is 6.70. The number of nitrogens with zero attached hydrogens (tertiary/aromatic N) is 2. The normalized spacial score (nSPS) is 12.0. The second-order valence-corrected chi connectivity index (χ2v) is 11.1. The average Bonchev–Trinajstić information content (AvgIpc) is 2.88. The first-order valence-corrected chi connectivity index (χ1v) is 13.8. The van der Waals surface area contributed by atoms with E-state index in [0.29, 0.717) is 6.42 Å². The van der Waals surface area contributed by atoms with Gasteiger partial charge in [0.25, 0.3) is 10.0 Å². The van der Waals surface area contributed by atoms with Crippen molar-refractivity contribution in [1.29, 1.82) is 0 Å². The monoisotopic (exact) mass is 541 g/mol. The van der Waals surface area contributed by atoms with Gasteiger partial charge in [-0.05, 0) is 50.1 Å². The van der Waals surface area contributed by atoms with Gasteiger partial charge in [-0.15, -0.1) is 0 Å². The number of likely N-dealkylation sites (N-methyl/N-ethyl adjacent to an activating group) is 1. The number of nitrogens with one attached hydrogen (secondary N) is 1. The Balaban J connectivity index is 2.06. The van der Waals surface area contributed by atoms with Crippen molar-refractivity contribution < 1.29 is 18.0 Å². The zero-order valence-corrected chi connectivity index (χ0v) is 23.0. The van der Waals surface area contributed by atoms with Gasteiger partial charge in [-0.3, -0.25) is 13.9 Å². The minimum absolute atomic E-state index is 0.0363. The summed E-state index contributed by atoms with van der Waals surface area (Å²) in [6, 6.07) is 19.7. The highest BCUT2D eigenvalue weighted by molar-refractivity contribution is 7.92. The van der Waals surface area contributed by atoms with Gasteiger partial charge in [0.1, 0.15) is 12.6 Å². The van der Waals surface area contributed by atoms with Crippen molar-refractivity contribution in [3.05, 3.63) is 94.5 Å². The van der Waals surface area contributed by atoms with E-state index < -0.39 is 28.5 Å². The highest BCUT2D eigenvalue weighted by Crippen LogP contribution is 2.31. The molecule has 2 amide bonds. The molecule has 37 heavy (non-hydrogen) atoms. The zero-order chi connectivity index (χ0) is 27.2. The molecule has 0 bridgehead atoms. The molecule has 0 radical (unpaired) electrons. The molecule has 3 aromatic carbocycles. The number of carbonyl (C=O) groups is 2. The molecule has 0 unspecified atom stereocenters. The third-order valence-electron chi connectivity index (χ3n) is 6.11. The first-order chi connectivity index (χ1) is 17.6. The zero-order valence-electron chi connectivity index (χ0n) is 21.4. The summed E-state index contributed by atoms with van der Waals surface area (Å²) in [6.45, 7) is 5.25. The van der Waals surface area contributed by atoms with E-state index in [1.807, 2.05) is 45.0 Å². The standard InChI is InChI=1S/C28H32ClN3O4S/c1-5-25(28(34)30-4)31(18-22-14-10-20(2)11-15-22)27(33)19-32(26-9-7-6-8-24(26)29)37(35,36)23-16-12-21(3)13-17-23/h6-17,25H,5,18-19H2,1-4H3,(H,30,34)/t25-/m0/s1. The number of aryl methyl sites for hydroxylation is 2. The van der Waals surface area contributed by atoms with Gasteiger partial charge >= 0.3 is 0 Å². The van der Waals surface area contributed by atoms with Crippen LogP contribution in [0.3, 0.4) is 0 Å². The number of benzene rings is 3. The Morgan fingerprint density at radius 2 is 1.49 bits per heavy atom. The molecule has 0 spiro atoms. The minimum atomic E-state index is -4.16. The maximum Gasteiger partial charge on any atom is 0.264 e. The summed E-state index contributed by atoms with van der Waals surface area (Å²) in [5.41, 5.74) is 2.97. The van der Waals surface area contributed by atoms with E-state index in [2.05, 4.69) is 5.32 Å². The Morgan fingerprint density at radius 1 is 0.919 bits per heavy atom. The number of hydrogen-bond donors (Lipinski definition) is 1. The van der Waals surface area contributed by atoms with Crippen LogP contribution in [0.1, 0.15) is 30.0 Å². The lowest BCUT2D eigenvalue weighted by atomic mass is 10.1. The van der Waals surface area contributed by atoms with Crippen molar-refractivity contribution in [2.45, 2.75) is 44.7 Å². The molecule has 3 aromatic rings. The van der Waals surface area contributed by atoms with Gasteiger partial charge < -0.3 is 10.2 Å². The smallest absolute Gasteiger partial charge is 0.264 e. The lowest BCUT2D eigenvalue weighted by molar-refractivity contribution is -0.140. The fraction of sp³-hybridized carbons (Fsp3) is 0.286. The largest absolute Gasteiger partial charge is 0.357 e. The fourth-order valence-corrected chi connectivity index (χ4v) is 5.70. The van der Waals surface area contributed by atoms with Crippen LogP contribution in [0.5, 0.6) is 0 Å². The molecule has 1 N–H and O–H groups in total. The summed E-state index contributed by atoms with van der Waals surface area (Å²) in [5.74, 6) is -0.847. The van der Waals surface area contributed by atoms with Crippen LogP contribution < -0.4 is 9.62 Å². The number of carbonyl (C=O) groups excluding carboxylic acids is 2. The van der Waals surface area contributed by atoms with Crippen molar-refractivity contribution in [2.24, 2.45) is 0 Å². The van der Waals surface area contributed by atoms with Crippen LogP contribution in [0.2, 0.25) is 5.02 Å². The Labute approximate surface area is 224 Å². The number of para-hydroxylation sites is 1. The van der Waals surface area contributed by atoms with Crippen LogP contribution in [0, 0.1) is 13.8 Å². The average molecular weight is 542 g/mol. The van der Waals surface area contributed by atoms with Gasteiger partial charge in [0.05, 0.1) is 15.6 Å². The molecule has 7 nitrogen and oxygen atoms in total. The second kappa shape index (κ2) is 12.3. The van der Waals surface area contributed by atoms with E-state index in [1.54, 1.807) is 36.4 Å². The summed E-state index contributed by atoms with van der Waals surface area (Å²) < 4.78 is 28.6. The van der Waals surface area contributed by atoms with Crippen LogP contribution in [0.25, 0.3) is 0 Å². The van der Waals surface area contributed by atoms with Crippen molar-refractivity contribution in [3.63, 3.8) is 0 Å². The van der Waals surface area contributed by atoms with Gasteiger partial charge in [0.15, 0.2) is 0 Å². The van der Waals surface area contributed by atoms with Gasteiger partial charge in [-0.1, -0.05) is 78.2 Å². The molecule has 196 valence electrons. The van der Waals surface area contributed by atoms with E-state index in [-0.39, 0.29) is 28.1 Å². The summed E-state index contributed by atoms with van der Waals surface area (Å²) in [5, 5.41) is 2.81. The molecule has 1 atom stereocenters. The lowest BCUT2D eigenvalue weighted by Crippen LogP contribution is -2.51. The number of rotatable bonds is 10. The van der Waals surface area contributed by atoms with Crippen molar-refractivity contribution in [2.75, 3.05) is 17.9 Å². The molecule has 0 aliphatic heterocycles. The van der Waals surface area contributed by atoms with E-state index in [1.165, 1.54) is 24.1 Å². The molecule has 9 heteroatoms. The first-order valence-electron chi connectivity index (χ1n) is 12.0. The Morgan fingerprint density at radius 3 is 2.03 bits per heavy atom. The molecule has 0 aromatic heterocycles. The van der Waals surface area contributed by atoms with Crippen molar-refractivity contribution in [3.8, 4) is 0 Å². The first kappa shape index (κ1) is 28.2. The predicted octanol–water partition coefficient (Wildman–Crippen LogP) is 4.71. The molecule has 3 rings (SSSR count). The van der Waals surface area contributed by atoms with Crippen LogP contribution >= 0.6 is 11.6 Å². The van der Waals surface area contributed by atoms with Crippen LogP contribution in [-0.4, -0.2) is 44.8 Å². The maximum atomic E-state index is 13.9. The van der Waals surface area contributed by atoms with Gasteiger partial charge in [-0.2, -0.15) is 0 Å². The Bertz CT molecular complexity index is 1340.